The van der Waals surface area contributed by atoms with Crippen LogP contribution in [0.25, 0.3) is 0 Å². The Labute approximate surface area is 228 Å². The number of thiol groups is 1. The topological polar surface area (TPSA) is 174 Å². The first-order valence-electron chi connectivity index (χ1n) is 11.0. The summed E-state index contributed by atoms with van der Waals surface area (Å²) in [5.74, 6) is -1.43. The Morgan fingerprint density at radius 3 is 2.43 bits per heavy atom. The molecule has 0 saturated carbocycles. The van der Waals surface area contributed by atoms with Crippen molar-refractivity contribution in [2.75, 3.05) is 12.3 Å². The Hall–Kier alpha value is -3.35. The second-order valence-electron chi connectivity index (χ2n) is 7.91. The van der Waals surface area contributed by atoms with Crippen LogP contribution in [0.1, 0.15) is 28.8 Å². The highest BCUT2D eigenvalue weighted by Gasteiger charge is 2.30. The van der Waals surface area contributed by atoms with Crippen molar-refractivity contribution >= 4 is 65.6 Å². The Morgan fingerprint density at radius 2 is 1.86 bits per heavy atom. The van der Waals surface area contributed by atoms with Crippen LogP contribution in [0.3, 0.4) is 0 Å². The van der Waals surface area contributed by atoms with Gasteiger partial charge in [0, 0.05) is 46.6 Å². The van der Waals surface area contributed by atoms with Gasteiger partial charge in [0.05, 0.1) is 11.0 Å². The van der Waals surface area contributed by atoms with E-state index in [1.165, 1.54) is 41.3 Å². The van der Waals surface area contributed by atoms with Gasteiger partial charge in [-0.1, -0.05) is 35.3 Å². The van der Waals surface area contributed by atoms with Crippen LogP contribution in [0.4, 0.5) is 5.69 Å². The molecule has 0 fully saturated rings. The molecule has 198 valence electrons. The number of nitro benzene ring substituents is 1. The van der Waals surface area contributed by atoms with Crippen LogP contribution in [-0.4, -0.2) is 58.3 Å². The maximum absolute atomic E-state index is 13.6. The first-order valence-corrected chi connectivity index (χ1v) is 12.4. The molecule has 0 bridgehead atoms. The molecule has 0 aliphatic heterocycles. The van der Waals surface area contributed by atoms with E-state index in [4.69, 9.17) is 34.7 Å². The van der Waals surface area contributed by atoms with Crippen molar-refractivity contribution in [3.63, 3.8) is 0 Å². The molecule has 11 nitrogen and oxygen atoms in total. The van der Waals surface area contributed by atoms with Gasteiger partial charge in [-0.3, -0.25) is 24.7 Å². The number of aldehydes is 1. The number of non-ortho nitro benzene ring substituents is 1. The summed E-state index contributed by atoms with van der Waals surface area (Å²) in [6.45, 7) is 0.100. The van der Waals surface area contributed by atoms with E-state index in [1.54, 1.807) is 6.07 Å². The summed E-state index contributed by atoms with van der Waals surface area (Å²) in [6, 6.07) is 7.87. The highest BCUT2D eigenvalue weighted by Crippen LogP contribution is 2.21. The van der Waals surface area contributed by atoms with Gasteiger partial charge in [0.1, 0.15) is 12.3 Å². The third-order valence-corrected chi connectivity index (χ3v) is 5.98. The van der Waals surface area contributed by atoms with E-state index in [0.717, 1.165) is 0 Å². The Bertz CT molecular complexity index is 1160. The number of aliphatic imine (C=N–C) groups is 1. The maximum atomic E-state index is 13.6. The minimum Gasteiger partial charge on any atom is -0.370 e. The summed E-state index contributed by atoms with van der Waals surface area (Å²) < 4.78 is 0. The summed E-state index contributed by atoms with van der Waals surface area (Å²) in [7, 11) is 0. The average Bonchev–Trinajstić information content (AvgIpc) is 2.85. The fourth-order valence-corrected chi connectivity index (χ4v) is 4.22. The minimum absolute atomic E-state index is 0.0934. The van der Waals surface area contributed by atoms with E-state index < -0.39 is 28.8 Å². The zero-order chi connectivity index (χ0) is 27.5. The molecule has 37 heavy (non-hydrogen) atoms. The quantitative estimate of drug-likeness (QED) is 0.0546. The number of guanidine groups is 1. The lowest BCUT2D eigenvalue weighted by molar-refractivity contribution is -0.384. The van der Waals surface area contributed by atoms with Crippen molar-refractivity contribution in [2.24, 2.45) is 16.5 Å². The van der Waals surface area contributed by atoms with Crippen LogP contribution < -0.4 is 16.8 Å². The van der Waals surface area contributed by atoms with E-state index in [0.29, 0.717) is 18.3 Å². The smallest absolute Gasteiger partial charge is 0.269 e. The highest BCUT2D eigenvalue weighted by molar-refractivity contribution is 7.80. The second-order valence-corrected chi connectivity index (χ2v) is 9.15. The third kappa shape index (κ3) is 9.23. The molecule has 0 radical (unpaired) electrons. The molecule has 1 unspecified atom stereocenters. The SMILES string of the molecule is NC(N)=NCCC[C@@H](C=O)N(Cc1cccc([N+](=O)[O-])c1)C(=O)C(CS)NC(=O)c1cc(Cl)cc(Cl)c1. The number of nitro groups is 1. The number of carbonyl (C=O) groups excluding carboxylic acids is 3. The number of hydrogen-bond donors (Lipinski definition) is 4. The van der Waals surface area contributed by atoms with Gasteiger partial charge in [0.2, 0.25) is 5.91 Å². The number of rotatable bonds is 13. The van der Waals surface area contributed by atoms with Gasteiger partial charge in [-0.25, -0.2) is 0 Å². The zero-order valence-electron chi connectivity index (χ0n) is 19.5. The van der Waals surface area contributed by atoms with E-state index in [9.17, 15) is 24.5 Å². The minimum atomic E-state index is -1.13. The molecule has 2 aromatic rings. The lowest BCUT2D eigenvalue weighted by Gasteiger charge is -2.32. The molecule has 2 amide bonds. The average molecular weight is 569 g/mol. The largest absolute Gasteiger partial charge is 0.370 e. The Balaban J connectivity index is 2.33. The summed E-state index contributed by atoms with van der Waals surface area (Å²) in [5.41, 5.74) is 11.1. The van der Waals surface area contributed by atoms with Crippen LogP contribution in [0.2, 0.25) is 10.0 Å². The summed E-state index contributed by atoms with van der Waals surface area (Å²) >= 11 is 16.2. The number of amides is 2. The zero-order valence-corrected chi connectivity index (χ0v) is 22.0. The van der Waals surface area contributed by atoms with Crippen molar-refractivity contribution < 1.29 is 19.3 Å². The number of nitrogens with one attached hydrogen (secondary N) is 1. The van der Waals surface area contributed by atoms with Gasteiger partial charge in [-0.2, -0.15) is 12.6 Å². The van der Waals surface area contributed by atoms with Crippen LogP contribution in [0, 0.1) is 10.1 Å². The number of nitrogens with two attached hydrogens (primary N) is 2. The number of nitrogens with zero attached hydrogens (tertiary/aromatic N) is 3. The van der Waals surface area contributed by atoms with Crippen molar-refractivity contribution in [1.82, 2.24) is 10.2 Å². The fraction of sp³-hybridized carbons (Fsp3) is 0.304. The normalized spacial score (nSPS) is 12.2. The van der Waals surface area contributed by atoms with E-state index in [-0.39, 0.29) is 52.5 Å². The molecular weight excluding hydrogens is 543 g/mol. The van der Waals surface area contributed by atoms with Crippen LogP contribution >= 0.6 is 35.8 Å². The molecule has 0 aromatic heterocycles. The molecule has 0 spiro atoms. The Morgan fingerprint density at radius 1 is 1.19 bits per heavy atom. The van der Waals surface area contributed by atoms with Crippen molar-refractivity contribution in [3.8, 4) is 0 Å². The standard InChI is InChI=1S/C23H26Cl2N6O5S/c24-16-8-15(9-17(25)10-16)21(33)29-20(13-37)22(34)30(19(12-32)5-2-6-28-23(26)27)11-14-3-1-4-18(7-14)31(35)36/h1,3-4,7-10,12,19-20,37H,2,5-6,11,13H2,(H,29,33)(H4,26,27,28)/t19-,20?/m0/s1. The molecule has 0 saturated heterocycles. The lowest BCUT2D eigenvalue weighted by Crippen LogP contribution is -2.53. The van der Waals surface area contributed by atoms with Gasteiger partial charge in [-0.15, -0.1) is 0 Å². The number of halogens is 2. The molecule has 2 atom stereocenters. The summed E-state index contributed by atoms with van der Waals surface area (Å²) in [5, 5.41) is 14.3. The number of benzene rings is 2. The molecule has 0 aliphatic rings. The van der Waals surface area contributed by atoms with E-state index >= 15 is 0 Å². The van der Waals surface area contributed by atoms with Crippen molar-refractivity contribution in [3.05, 3.63) is 73.8 Å². The predicted molar refractivity (Wildman–Crippen MR) is 145 cm³/mol. The summed E-state index contributed by atoms with van der Waals surface area (Å²) in [6.07, 6.45) is 1.18. The maximum Gasteiger partial charge on any atom is 0.269 e. The molecule has 2 rings (SSSR count). The van der Waals surface area contributed by atoms with Crippen molar-refractivity contribution in [1.29, 1.82) is 0 Å². The molecular formula is C23H26Cl2N6O5S. The summed E-state index contributed by atoms with van der Waals surface area (Å²) in [4.78, 5) is 54.2. The third-order valence-electron chi connectivity index (χ3n) is 5.18. The number of hydrogen-bond acceptors (Lipinski definition) is 7. The van der Waals surface area contributed by atoms with Gasteiger partial charge in [0.25, 0.3) is 11.6 Å². The van der Waals surface area contributed by atoms with Gasteiger partial charge in [-0.05, 0) is 36.6 Å². The van der Waals surface area contributed by atoms with Crippen LogP contribution in [0.15, 0.2) is 47.5 Å². The van der Waals surface area contributed by atoms with Gasteiger partial charge in [0.15, 0.2) is 5.96 Å². The highest BCUT2D eigenvalue weighted by atomic mass is 35.5. The molecule has 0 heterocycles. The first kappa shape index (κ1) is 29.9. The van der Waals surface area contributed by atoms with Crippen LogP contribution in [0.5, 0.6) is 0 Å². The second kappa shape index (κ2) is 14.4. The Kier molecular flexibility index (Phi) is 11.6. The molecule has 14 heteroatoms. The number of carbonyl (C=O) groups is 3. The van der Waals surface area contributed by atoms with E-state index in [2.05, 4.69) is 22.9 Å². The fourth-order valence-electron chi connectivity index (χ4n) is 3.44. The molecule has 2 aromatic carbocycles. The molecule has 0 aliphatic carbocycles. The predicted octanol–water partition coefficient (Wildman–Crippen LogP) is 2.58. The van der Waals surface area contributed by atoms with E-state index in [1.807, 2.05) is 0 Å². The van der Waals surface area contributed by atoms with Gasteiger partial charge < -0.3 is 26.5 Å². The van der Waals surface area contributed by atoms with Crippen molar-refractivity contribution in [2.45, 2.75) is 31.5 Å². The molecule has 5 N–H and O–H groups in total. The lowest BCUT2D eigenvalue weighted by atomic mass is 10.1. The van der Waals surface area contributed by atoms with Gasteiger partial charge >= 0.3 is 0 Å². The van der Waals surface area contributed by atoms with Crippen LogP contribution in [-0.2, 0) is 16.1 Å². The monoisotopic (exact) mass is 568 g/mol. The first-order chi connectivity index (χ1) is 17.5.